The zero-order valence-electron chi connectivity index (χ0n) is 10.6. The summed E-state index contributed by atoms with van der Waals surface area (Å²) in [5.41, 5.74) is 0. The Kier molecular flexibility index (Phi) is 6.14. The first-order valence-electron chi connectivity index (χ1n) is 5.86. The van der Waals surface area contributed by atoms with E-state index < -0.39 is 0 Å². The van der Waals surface area contributed by atoms with Crippen LogP contribution in [0.15, 0.2) is 23.6 Å². The molecule has 98 valence electrons. The molecule has 4 nitrogen and oxygen atoms in total. The molecule has 0 radical (unpaired) electrons. The van der Waals surface area contributed by atoms with Gasteiger partial charge in [0.05, 0.1) is 0 Å². The van der Waals surface area contributed by atoms with Crippen LogP contribution in [0.1, 0.15) is 18.7 Å². The molecular formula is C13H18N2O2S. The van der Waals surface area contributed by atoms with Gasteiger partial charge in [-0.3, -0.25) is 9.59 Å². The predicted octanol–water partition coefficient (Wildman–Crippen LogP) is 1.65. The minimum absolute atomic E-state index is 0.00150. The first-order chi connectivity index (χ1) is 8.59. The molecular weight excluding hydrogens is 248 g/mol. The number of carbonyl (C=O) groups excluding carboxylic acids is 2. The topological polar surface area (TPSA) is 58.2 Å². The van der Waals surface area contributed by atoms with Gasteiger partial charge in [-0.15, -0.1) is 11.3 Å². The Morgan fingerprint density at radius 3 is 2.67 bits per heavy atom. The van der Waals surface area contributed by atoms with E-state index in [1.54, 1.807) is 17.4 Å². The summed E-state index contributed by atoms with van der Waals surface area (Å²) >= 11 is 1.58. The normalized spacial score (nSPS) is 10.8. The number of rotatable bonds is 6. The van der Waals surface area contributed by atoms with Crippen LogP contribution in [0.2, 0.25) is 0 Å². The van der Waals surface area contributed by atoms with Crippen LogP contribution in [0.25, 0.3) is 6.08 Å². The van der Waals surface area contributed by atoms with Gasteiger partial charge >= 0.3 is 0 Å². The number of amides is 2. The highest BCUT2D eigenvalue weighted by Gasteiger charge is 2.04. The maximum absolute atomic E-state index is 11.4. The van der Waals surface area contributed by atoms with Crippen LogP contribution in [0.3, 0.4) is 0 Å². The molecule has 0 bridgehead atoms. The Morgan fingerprint density at radius 1 is 1.33 bits per heavy atom. The highest BCUT2D eigenvalue weighted by molar-refractivity contribution is 7.10. The standard InChI is InChI=1S/C13H18N2O2S/c1-10(2)13(17)15-8-7-14-12(16)6-5-11-4-3-9-18-11/h3-6,9-10H,7-8H2,1-2H3,(H,14,16)(H,15,17)/b6-5+. The molecule has 2 amide bonds. The van der Waals surface area contributed by atoms with Crippen molar-refractivity contribution < 1.29 is 9.59 Å². The van der Waals surface area contributed by atoms with Crippen molar-refractivity contribution in [2.45, 2.75) is 13.8 Å². The molecule has 0 spiro atoms. The minimum atomic E-state index is -0.151. The fourth-order valence-electron chi connectivity index (χ4n) is 1.18. The summed E-state index contributed by atoms with van der Waals surface area (Å²) in [5.74, 6) is -0.181. The van der Waals surface area contributed by atoms with Crippen molar-refractivity contribution in [1.82, 2.24) is 10.6 Å². The summed E-state index contributed by atoms with van der Waals surface area (Å²) in [6, 6.07) is 3.88. The molecule has 0 saturated carbocycles. The van der Waals surface area contributed by atoms with Crippen molar-refractivity contribution in [2.24, 2.45) is 5.92 Å². The van der Waals surface area contributed by atoms with Crippen LogP contribution in [-0.2, 0) is 9.59 Å². The molecule has 0 aromatic carbocycles. The third-order valence-corrected chi connectivity index (χ3v) is 3.03. The zero-order chi connectivity index (χ0) is 13.4. The van der Waals surface area contributed by atoms with Crippen molar-refractivity contribution in [3.8, 4) is 0 Å². The highest BCUT2D eigenvalue weighted by Crippen LogP contribution is 2.09. The molecule has 2 N–H and O–H groups in total. The second-order valence-electron chi connectivity index (χ2n) is 4.09. The first kappa shape index (κ1) is 14.4. The Labute approximate surface area is 111 Å². The quantitative estimate of drug-likeness (QED) is 0.607. The van der Waals surface area contributed by atoms with Crippen molar-refractivity contribution in [1.29, 1.82) is 0 Å². The predicted molar refractivity (Wildman–Crippen MR) is 74.2 cm³/mol. The summed E-state index contributed by atoms with van der Waals surface area (Å²) in [6.07, 6.45) is 3.27. The molecule has 5 heteroatoms. The van der Waals surface area contributed by atoms with Crippen molar-refractivity contribution in [2.75, 3.05) is 13.1 Å². The number of thiophene rings is 1. The third kappa shape index (κ3) is 5.63. The molecule has 0 aliphatic heterocycles. The highest BCUT2D eigenvalue weighted by atomic mass is 32.1. The molecule has 18 heavy (non-hydrogen) atoms. The zero-order valence-corrected chi connectivity index (χ0v) is 11.4. The van der Waals surface area contributed by atoms with Gasteiger partial charge in [0, 0.05) is 30.0 Å². The van der Waals surface area contributed by atoms with Gasteiger partial charge in [-0.25, -0.2) is 0 Å². The molecule has 0 unspecified atom stereocenters. The second kappa shape index (κ2) is 7.66. The number of carbonyl (C=O) groups is 2. The monoisotopic (exact) mass is 266 g/mol. The van der Waals surface area contributed by atoms with E-state index in [4.69, 9.17) is 0 Å². The fourth-order valence-corrected chi connectivity index (χ4v) is 1.80. The Bertz CT molecular complexity index is 411. The van der Waals surface area contributed by atoms with E-state index in [0.717, 1.165) is 4.88 Å². The van der Waals surface area contributed by atoms with E-state index in [9.17, 15) is 9.59 Å². The van der Waals surface area contributed by atoms with Gasteiger partial charge in [0.1, 0.15) is 0 Å². The van der Waals surface area contributed by atoms with E-state index in [2.05, 4.69) is 10.6 Å². The number of nitrogens with one attached hydrogen (secondary N) is 2. The molecule has 0 aliphatic rings. The summed E-state index contributed by atoms with van der Waals surface area (Å²) < 4.78 is 0. The van der Waals surface area contributed by atoms with Gasteiger partial charge in [-0.1, -0.05) is 19.9 Å². The van der Waals surface area contributed by atoms with Crippen LogP contribution in [0, 0.1) is 5.92 Å². The van der Waals surface area contributed by atoms with E-state index in [0.29, 0.717) is 13.1 Å². The lowest BCUT2D eigenvalue weighted by atomic mass is 10.2. The molecule has 0 aliphatic carbocycles. The molecule has 0 fully saturated rings. The van der Waals surface area contributed by atoms with Crippen LogP contribution < -0.4 is 10.6 Å². The van der Waals surface area contributed by atoms with Crippen molar-refractivity contribution >= 4 is 29.2 Å². The Hall–Kier alpha value is -1.62. The second-order valence-corrected chi connectivity index (χ2v) is 5.06. The Morgan fingerprint density at radius 2 is 2.06 bits per heavy atom. The summed E-state index contributed by atoms with van der Waals surface area (Å²) in [4.78, 5) is 23.7. The van der Waals surface area contributed by atoms with Gasteiger partial charge < -0.3 is 10.6 Å². The first-order valence-corrected chi connectivity index (χ1v) is 6.74. The molecule has 1 aromatic heterocycles. The van der Waals surface area contributed by atoms with E-state index >= 15 is 0 Å². The van der Waals surface area contributed by atoms with Gasteiger partial charge in [-0.05, 0) is 17.5 Å². The summed E-state index contributed by atoms with van der Waals surface area (Å²) in [5, 5.41) is 7.39. The van der Waals surface area contributed by atoms with Gasteiger partial charge in [0.25, 0.3) is 0 Å². The molecule has 1 heterocycles. The lowest BCUT2D eigenvalue weighted by Crippen LogP contribution is -2.35. The smallest absolute Gasteiger partial charge is 0.244 e. The molecule has 0 saturated heterocycles. The number of hydrogen-bond acceptors (Lipinski definition) is 3. The average molecular weight is 266 g/mol. The van der Waals surface area contributed by atoms with Crippen LogP contribution in [0.4, 0.5) is 0 Å². The van der Waals surface area contributed by atoms with Crippen LogP contribution >= 0.6 is 11.3 Å². The lowest BCUT2D eigenvalue weighted by Gasteiger charge is -2.07. The summed E-state index contributed by atoms with van der Waals surface area (Å²) in [6.45, 7) is 4.55. The van der Waals surface area contributed by atoms with E-state index in [-0.39, 0.29) is 17.7 Å². The fraction of sp³-hybridized carbons (Fsp3) is 0.385. The Balaban J connectivity index is 2.16. The molecule has 1 aromatic rings. The largest absolute Gasteiger partial charge is 0.354 e. The van der Waals surface area contributed by atoms with Crippen molar-refractivity contribution in [3.63, 3.8) is 0 Å². The van der Waals surface area contributed by atoms with E-state index in [1.165, 1.54) is 6.08 Å². The minimum Gasteiger partial charge on any atom is -0.354 e. The third-order valence-electron chi connectivity index (χ3n) is 2.19. The maximum atomic E-state index is 11.4. The van der Waals surface area contributed by atoms with E-state index in [1.807, 2.05) is 31.4 Å². The van der Waals surface area contributed by atoms with Gasteiger partial charge in [0.15, 0.2) is 0 Å². The van der Waals surface area contributed by atoms with Crippen molar-refractivity contribution in [3.05, 3.63) is 28.5 Å². The maximum Gasteiger partial charge on any atom is 0.244 e. The SMILES string of the molecule is CC(C)C(=O)NCCNC(=O)/C=C/c1cccs1. The molecule has 1 rings (SSSR count). The van der Waals surface area contributed by atoms with Crippen LogP contribution in [-0.4, -0.2) is 24.9 Å². The number of hydrogen-bond donors (Lipinski definition) is 2. The lowest BCUT2D eigenvalue weighted by molar-refractivity contribution is -0.124. The average Bonchev–Trinajstić information content (AvgIpc) is 2.84. The van der Waals surface area contributed by atoms with Crippen LogP contribution in [0.5, 0.6) is 0 Å². The molecule has 0 atom stereocenters. The summed E-state index contributed by atoms with van der Waals surface area (Å²) in [7, 11) is 0. The van der Waals surface area contributed by atoms with Gasteiger partial charge in [-0.2, -0.15) is 0 Å². The van der Waals surface area contributed by atoms with Gasteiger partial charge in [0.2, 0.25) is 11.8 Å².